The molecule has 3 aromatic carbocycles. The smallest absolute Gasteiger partial charge is 0.326 e. The number of nitrogens with zero attached hydrogens (tertiary/aromatic N) is 3. The molecule has 0 spiro atoms. The number of amidine groups is 1. The maximum atomic E-state index is 14.2. The first kappa shape index (κ1) is 32.8. The van der Waals surface area contributed by atoms with Crippen LogP contribution in [0.4, 0.5) is 16.2 Å². The summed E-state index contributed by atoms with van der Waals surface area (Å²) in [4.78, 5) is 46.4. The second kappa shape index (κ2) is 12.6. The van der Waals surface area contributed by atoms with Crippen molar-refractivity contribution in [2.45, 2.75) is 50.6 Å². The van der Waals surface area contributed by atoms with Gasteiger partial charge in [-0.1, -0.05) is 41.4 Å². The summed E-state index contributed by atoms with van der Waals surface area (Å²) in [6, 6.07) is 13.6. The number of aryl methyl sites for hydroxylation is 2. The first-order valence-corrected chi connectivity index (χ1v) is 16.3. The van der Waals surface area contributed by atoms with Crippen LogP contribution in [0, 0.1) is 13.8 Å². The Morgan fingerprint density at radius 1 is 1.07 bits per heavy atom. The van der Waals surface area contributed by atoms with Gasteiger partial charge in [-0.3, -0.25) is 13.9 Å². The summed E-state index contributed by atoms with van der Waals surface area (Å²) in [5, 5.41) is 5.51. The second-order valence-electron chi connectivity index (χ2n) is 11.5. The SMILES string of the molecule is COc1ccc(Cl)cc1NC(=O)C(C1=Nc2ccccc2S(=O)(=O)N1CCCOc1ccc(C)cc1C)N1C(=O)NC(C)(C)C1=O. The van der Waals surface area contributed by atoms with E-state index in [2.05, 4.69) is 15.6 Å². The van der Waals surface area contributed by atoms with Gasteiger partial charge in [0.2, 0.25) is 0 Å². The summed E-state index contributed by atoms with van der Waals surface area (Å²) in [7, 11) is -2.91. The summed E-state index contributed by atoms with van der Waals surface area (Å²) >= 11 is 6.19. The molecule has 2 aliphatic rings. The Kier molecular flexibility index (Phi) is 9.00. The molecule has 4 amide bonds. The number of aliphatic imine (C=N–C) groups is 1. The number of hydrogen-bond acceptors (Lipinski definition) is 8. The van der Waals surface area contributed by atoms with Crippen LogP contribution in [0.25, 0.3) is 0 Å². The molecule has 0 aromatic heterocycles. The summed E-state index contributed by atoms with van der Waals surface area (Å²) in [5.74, 6) is -1.08. The van der Waals surface area contributed by atoms with Gasteiger partial charge in [0.05, 0.1) is 25.1 Å². The molecule has 5 rings (SSSR count). The van der Waals surface area contributed by atoms with Crippen LogP contribution in [-0.2, 0) is 19.6 Å². The summed E-state index contributed by atoms with van der Waals surface area (Å²) in [5.41, 5.74) is 0.831. The Morgan fingerprint density at radius 2 is 1.78 bits per heavy atom. The van der Waals surface area contributed by atoms with Crippen LogP contribution in [0.15, 0.2) is 70.6 Å². The zero-order valence-electron chi connectivity index (χ0n) is 26.0. The number of urea groups is 1. The zero-order valence-corrected chi connectivity index (χ0v) is 27.5. The number of imide groups is 1. The van der Waals surface area contributed by atoms with E-state index in [0.29, 0.717) is 10.6 Å². The van der Waals surface area contributed by atoms with Crippen molar-refractivity contribution in [2.75, 3.05) is 25.6 Å². The van der Waals surface area contributed by atoms with Gasteiger partial charge in [-0.15, -0.1) is 0 Å². The van der Waals surface area contributed by atoms with Crippen molar-refractivity contribution < 1.29 is 32.3 Å². The maximum absolute atomic E-state index is 14.2. The fourth-order valence-corrected chi connectivity index (χ4v) is 7.10. The van der Waals surface area contributed by atoms with Gasteiger partial charge in [0.25, 0.3) is 21.8 Å². The third-order valence-electron chi connectivity index (χ3n) is 7.58. The monoisotopic (exact) mass is 667 g/mol. The summed E-state index contributed by atoms with van der Waals surface area (Å²) < 4.78 is 40.5. The number of halogens is 1. The lowest BCUT2D eigenvalue weighted by molar-refractivity contribution is -0.134. The molecule has 3 aromatic rings. The predicted molar refractivity (Wildman–Crippen MR) is 173 cm³/mol. The molecule has 1 atom stereocenters. The molecule has 2 N–H and O–H groups in total. The summed E-state index contributed by atoms with van der Waals surface area (Å²) in [6.07, 6.45) is 0.190. The number of nitrogens with one attached hydrogen (secondary N) is 2. The van der Waals surface area contributed by atoms with Gasteiger partial charge in [-0.05, 0) is 69.7 Å². The second-order valence-corrected chi connectivity index (χ2v) is 13.7. The third kappa shape index (κ3) is 6.24. The Bertz CT molecular complexity index is 1860. The standard InChI is InChI=1S/C32H34ClN5O7S/c1-19-11-13-24(20(2)17-19)45-16-8-15-37-28(34-22-9-6-7-10-26(22)46(37,42)43)27(38-30(40)32(3,4)36-31(38)41)29(39)35-23-18-21(33)12-14-25(23)44-5/h6-7,9-14,17-18,27H,8,15-16H2,1-5H3,(H,35,39)(H,36,41). The Morgan fingerprint density at radius 3 is 2.46 bits per heavy atom. The Hall–Kier alpha value is -4.62. The highest BCUT2D eigenvalue weighted by Gasteiger charge is 2.53. The van der Waals surface area contributed by atoms with Crippen molar-refractivity contribution in [3.05, 3.63) is 76.8 Å². The van der Waals surface area contributed by atoms with E-state index in [0.717, 1.165) is 15.4 Å². The van der Waals surface area contributed by atoms with Crippen LogP contribution >= 0.6 is 11.6 Å². The number of carbonyl (C=O) groups is 3. The van der Waals surface area contributed by atoms with Gasteiger partial charge in [0.15, 0.2) is 11.9 Å². The van der Waals surface area contributed by atoms with Crippen molar-refractivity contribution in [3.8, 4) is 11.5 Å². The van der Waals surface area contributed by atoms with Crippen molar-refractivity contribution in [1.82, 2.24) is 14.5 Å². The van der Waals surface area contributed by atoms with Crippen LogP contribution in [-0.4, -0.2) is 73.1 Å². The van der Waals surface area contributed by atoms with Gasteiger partial charge in [-0.25, -0.2) is 23.1 Å². The van der Waals surface area contributed by atoms with E-state index in [9.17, 15) is 22.8 Å². The molecule has 0 radical (unpaired) electrons. The van der Waals surface area contributed by atoms with Crippen molar-refractivity contribution in [2.24, 2.45) is 4.99 Å². The molecule has 0 saturated carbocycles. The lowest BCUT2D eigenvalue weighted by atomic mass is 10.1. The molecule has 2 heterocycles. The molecule has 0 bridgehead atoms. The van der Waals surface area contributed by atoms with Gasteiger partial charge in [0.1, 0.15) is 21.9 Å². The van der Waals surface area contributed by atoms with Crippen LogP contribution in [0.2, 0.25) is 5.02 Å². The van der Waals surface area contributed by atoms with Crippen molar-refractivity contribution in [1.29, 1.82) is 0 Å². The number of methoxy groups -OCH3 is 1. The number of para-hydroxylation sites is 1. The number of benzene rings is 3. The van der Waals surface area contributed by atoms with Crippen LogP contribution in [0.5, 0.6) is 11.5 Å². The van der Waals surface area contributed by atoms with Gasteiger partial charge >= 0.3 is 6.03 Å². The lowest BCUT2D eigenvalue weighted by Gasteiger charge is -2.35. The number of hydrogen-bond donors (Lipinski definition) is 2. The van der Waals surface area contributed by atoms with E-state index < -0.39 is 39.4 Å². The number of rotatable bonds is 10. The topological polar surface area (TPSA) is 147 Å². The van der Waals surface area contributed by atoms with Gasteiger partial charge < -0.3 is 20.1 Å². The Labute approximate surface area is 272 Å². The highest BCUT2D eigenvalue weighted by Crippen LogP contribution is 2.36. The van der Waals surface area contributed by atoms with E-state index >= 15 is 0 Å². The molecule has 14 heteroatoms. The molecular formula is C32H34ClN5O7S. The molecular weight excluding hydrogens is 634 g/mol. The van der Waals surface area contributed by atoms with Crippen LogP contribution < -0.4 is 20.1 Å². The number of sulfonamides is 1. The first-order valence-electron chi connectivity index (χ1n) is 14.4. The molecule has 242 valence electrons. The molecule has 12 nitrogen and oxygen atoms in total. The minimum atomic E-state index is -4.30. The summed E-state index contributed by atoms with van der Waals surface area (Å²) in [6.45, 7) is 6.82. The van der Waals surface area contributed by atoms with E-state index in [1.807, 2.05) is 32.0 Å². The number of amides is 4. The molecule has 1 saturated heterocycles. The van der Waals surface area contributed by atoms with Gasteiger partial charge in [-0.2, -0.15) is 0 Å². The highest BCUT2D eigenvalue weighted by atomic mass is 35.5. The van der Waals surface area contributed by atoms with Crippen LogP contribution in [0.1, 0.15) is 31.4 Å². The van der Waals surface area contributed by atoms with Gasteiger partial charge in [0, 0.05) is 18.0 Å². The maximum Gasteiger partial charge on any atom is 0.326 e. The first-order chi connectivity index (χ1) is 21.7. The zero-order chi connectivity index (χ0) is 33.4. The fraction of sp³-hybridized carbons (Fsp3) is 0.312. The van der Waals surface area contributed by atoms with E-state index in [4.69, 9.17) is 21.1 Å². The molecule has 46 heavy (non-hydrogen) atoms. The number of ether oxygens (including phenoxy) is 2. The molecule has 1 fully saturated rings. The molecule has 0 aliphatic carbocycles. The fourth-order valence-electron chi connectivity index (χ4n) is 5.31. The number of carbonyl (C=O) groups excluding carboxylic acids is 3. The minimum Gasteiger partial charge on any atom is -0.495 e. The highest BCUT2D eigenvalue weighted by molar-refractivity contribution is 7.90. The minimum absolute atomic E-state index is 0.0599. The molecule has 2 aliphatic heterocycles. The normalized spacial score (nSPS) is 17.1. The van der Waals surface area contributed by atoms with E-state index in [1.54, 1.807) is 18.2 Å². The van der Waals surface area contributed by atoms with E-state index in [1.165, 1.54) is 45.2 Å². The largest absolute Gasteiger partial charge is 0.495 e. The van der Waals surface area contributed by atoms with Crippen molar-refractivity contribution >= 4 is 56.7 Å². The van der Waals surface area contributed by atoms with Crippen LogP contribution in [0.3, 0.4) is 0 Å². The lowest BCUT2D eigenvalue weighted by Crippen LogP contribution is -2.59. The Balaban J connectivity index is 1.57. The number of fused-ring (bicyclic) bond motifs is 1. The average molecular weight is 668 g/mol. The number of anilines is 1. The van der Waals surface area contributed by atoms with E-state index in [-0.39, 0.29) is 52.5 Å². The third-order valence-corrected chi connectivity index (χ3v) is 9.67. The van der Waals surface area contributed by atoms with Crippen molar-refractivity contribution in [3.63, 3.8) is 0 Å². The quantitative estimate of drug-likeness (QED) is 0.233. The average Bonchev–Trinajstić information content (AvgIpc) is 3.19. The predicted octanol–water partition coefficient (Wildman–Crippen LogP) is 4.81. The molecule has 1 unspecified atom stereocenters.